The van der Waals surface area contributed by atoms with Crippen molar-refractivity contribution in [2.75, 3.05) is 23.7 Å². The third-order valence-corrected chi connectivity index (χ3v) is 5.35. The van der Waals surface area contributed by atoms with E-state index in [-0.39, 0.29) is 17.7 Å². The van der Waals surface area contributed by atoms with Gasteiger partial charge in [0.05, 0.1) is 17.5 Å². The molecule has 1 unspecified atom stereocenters. The molecule has 2 N–H and O–H groups in total. The van der Waals surface area contributed by atoms with Crippen molar-refractivity contribution in [2.24, 2.45) is 7.05 Å². The first kappa shape index (κ1) is 19.8. The number of hydrogen-bond acceptors (Lipinski definition) is 6. The molecule has 0 aliphatic carbocycles. The molecular weight excluding hydrogens is 382 g/mol. The van der Waals surface area contributed by atoms with Gasteiger partial charge in [0.25, 0.3) is 0 Å². The van der Waals surface area contributed by atoms with Gasteiger partial charge in [0.2, 0.25) is 5.56 Å². The van der Waals surface area contributed by atoms with Gasteiger partial charge in [-0.2, -0.15) is 0 Å². The Morgan fingerprint density at radius 2 is 2.20 bits per heavy atom. The Bertz CT molecular complexity index is 1090. The molecular formula is C22H25N5O3. The van der Waals surface area contributed by atoms with E-state index >= 15 is 0 Å². The second-order valence-corrected chi connectivity index (χ2v) is 7.62. The largest absolute Gasteiger partial charge is 0.416 e. The van der Waals surface area contributed by atoms with E-state index in [1.54, 1.807) is 48.0 Å². The molecule has 0 spiro atoms. The summed E-state index contributed by atoms with van der Waals surface area (Å²) in [6.07, 6.45) is 6.86. The number of aryl methyl sites for hydroxylation is 1. The van der Waals surface area contributed by atoms with E-state index in [0.29, 0.717) is 18.8 Å². The van der Waals surface area contributed by atoms with Gasteiger partial charge in [0.1, 0.15) is 5.82 Å². The van der Waals surface area contributed by atoms with E-state index in [1.165, 1.54) is 5.57 Å². The number of nitrogens with one attached hydrogen (secondary N) is 2. The maximum atomic E-state index is 12.0. The monoisotopic (exact) mass is 407 g/mol. The van der Waals surface area contributed by atoms with Gasteiger partial charge in [0.15, 0.2) is 0 Å². The SMILES string of the molecule is C=C(C)OC(=O)N1CC=C(C2Cc3c(Nc4ccc(=O)n(C)c4)ccnc3N2)CC1. The van der Waals surface area contributed by atoms with Crippen molar-refractivity contribution in [2.45, 2.75) is 25.8 Å². The number of nitrogens with zero attached hydrogens (tertiary/aromatic N) is 3. The molecule has 8 nitrogen and oxygen atoms in total. The number of hydrogen-bond donors (Lipinski definition) is 2. The fraction of sp³-hybridized carbons (Fsp3) is 0.318. The van der Waals surface area contributed by atoms with Gasteiger partial charge < -0.3 is 24.8 Å². The Kier molecular flexibility index (Phi) is 5.31. The number of allylic oxidation sites excluding steroid dienone is 1. The second kappa shape index (κ2) is 8.06. The summed E-state index contributed by atoms with van der Waals surface area (Å²) in [7, 11) is 1.73. The summed E-state index contributed by atoms with van der Waals surface area (Å²) in [6.45, 7) is 6.41. The van der Waals surface area contributed by atoms with Crippen LogP contribution in [0.4, 0.5) is 22.0 Å². The smallest absolute Gasteiger partial charge is 0.415 e. The van der Waals surface area contributed by atoms with Crippen LogP contribution in [0.5, 0.6) is 0 Å². The third-order valence-electron chi connectivity index (χ3n) is 5.35. The molecule has 8 heteroatoms. The Morgan fingerprint density at radius 1 is 1.37 bits per heavy atom. The van der Waals surface area contributed by atoms with Gasteiger partial charge in [-0.05, 0) is 31.1 Å². The molecule has 2 aliphatic rings. The first-order valence-corrected chi connectivity index (χ1v) is 9.90. The topological polar surface area (TPSA) is 88.5 Å². The predicted octanol–water partition coefficient (Wildman–Crippen LogP) is 3.16. The summed E-state index contributed by atoms with van der Waals surface area (Å²) in [5, 5.41) is 6.90. The highest BCUT2D eigenvalue weighted by molar-refractivity contribution is 5.72. The van der Waals surface area contributed by atoms with Crippen LogP contribution in [-0.4, -0.2) is 39.7 Å². The number of amides is 1. The molecule has 4 heterocycles. The maximum absolute atomic E-state index is 12.0. The van der Waals surface area contributed by atoms with Crippen molar-refractivity contribution in [3.8, 4) is 0 Å². The van der Waals surface area contributed by atoms with E-state index in [2.05, 4.69) is 28.3 Å². The molecule has 1 atom stereocenters. The lowest BCUT2D eigenvalue weighted by atomic mass is 9.97. The van der Waals surface area contributed by atoms with Gasteiger partial charge in [0, 0.05) is 56.3 Å². The highest BCUT2D eigenvalue weighted by atomic mass is 16.6. The summed E-state index contributed by atoms with van der Waals surface area (Å²) >= 11 is 0. The molecule has 0 fully saturated rings. The Labute approximate surface area is 174 Å². The summed E-state index contributed by atoms with van der Waals surface area (Å²) < 4.78 is 6.64. The number of carbonyl (C=O) groups excluding carboxylic acids is 1. The number of rotatable bonds is 4. The van der Waals surface area contributed by atoms with Crippen molar-refractivity contribution < 1.29 is 9.53 Å². The van der Waals surface area contributed by atoms with Crippen molar-refractivity contribution in [3.63, 3.8) is 0 Å². The van der Waals surface area contributed by atoms with Gasteiger partial charge in [-0.15, -0.1) is 0 Å². The van der Waals surface area contributed by atoms with Crippen molar-refractivity contribution in [1.82, 2.24) is 14.5 Å². The van der Waals surface area contributed by atoms with Crippen LogP contribution < -0.4 is 16.2 Å². The molecule has 0 bridgehead atoms. The molecule has 1 amide bonds. The average molecular weight is 407 g/mol. The molecule has 156 valence electrons. The zero-order chi connectivity index (χ0) is 21.3. The molecule has 0 saturated heterocycles. The minimum absolute atomic E-state index is 0.0485. The molecule has 2 aromatic heterocycles. The lowest BCUT2D eigenvalue weighted by molar-refractivity contribution is 0.132. The van der Waals surface area contributed by atoms with Crippen molar-refractivity contribution in [3.05, 3.63) is 70.5 Å². The number of anilines is 3. The standard InChI is InChI=1S/C22H25N5O3/c1-14(2)30-22(29)27-10-7-15(8-11-27)19-12-17-18(6-9-23-21(17)25-19)24-16-4-5-20(28)26(3)13-16/h4-7,9,13,19H,1,8,10-12H2,2-3H3,(H2,23,24,25). The van der Waals surface area contributed by atoms with E-state index in [0.717, 1.165) is 35.6 Å². The zero-order valence-electron chi connectivity index (χ0n) is 17.1. The predicted molar refractivity (Wildman–Crippen MR) is 116 cm³/mol. The molecule has 4 rings (SSSR count). The summed E-state index contributed by atoms with van der Waals surface area (Å²) in [6, 6.07) is 5.41. The maximum Gasteiger partial charge on any atom is 0.415 e. The molecule has 0 radical (unpaired) electrons. The number of pyridine rings is 2. The lowest BCUT2D eigenvalue weighted by Gasteiger charge is -2.28. The molecule has 30 heavy (non-hydrogen) atoms. The van der Waals surface area contributed by atoms with Crippen molar-refractivity contribution in [1.29, 1.82) is 0 Å². The van der Waals surface area contributed by atoms with Crippen LogP contribution >= 0.6 is 0 Å². The quantitative estimate of drug-likeness (QED) is 0.598. The highest BCUT2D eigenvalue weighted by Gasteiger charge is 2.29. The molecule has 2 aromatic rings. The summed E-state index contributed by atoms with van der Waals surface area (Å²) in [5.41, 5.74) is 4.14. The fourth-order valence-corrected chi connectivity index (χ4v) is 3.79. The van der Waals surface area contributed by atoms with Gasteiger partial charge in [-0.3, -0.25) is 4.79 Å². The minimum atomic E-state index is -0.356. The average Bonchev–Trinajstić information content (AvgIpc) is 3.16. The van der Waals surface area contributed by atoms with Gasteiger partial charge in [-0.25, -0.2) is 9.78 Å². The van der Waals surface area contributed by atoms with E-state index < -0.39 is 0 Å². The van der Waals surface area contributed by atoms with Crippen LogP contribution in [0.15, 0.2) is 59.4 Å². The van der Waals surface area contributed by atoms with E-state index in [4.69, 9.17) is 4.74 Å². The lowest BCUT2D eigenvalue weighted by Crippen LogP contribution is -2.37. The third kappa shape index (κ3) is 4.07. The Balaban J connectivity index is 1.46. The van der Waals surface area contributed by atoms with E-state index in [1.807, 2.05) is 6.07 Å². The van der Waals surface area contributed by atoms with Gasteiger partial charge >= 0.3 is 6.09 Å². The van der Waals surface area contributed by atoms with Crippen LogP contribution in [-0.2, 0) is 18.2 Å². The summed E-state index contributed by atoms with van der Waals surface area (Å²) in [5.74, 6) is 1.26. The number of ether oxygens (including phenoxy) is 1. The molecule has 0 saturated carbocycles. The first-order valence-electron chi connectivity index (χ1n) is 9.90. The van der Waals surface area contributed by atoms with Crippen LogP contribution in [0, 0.1) is 0 Å². The highest BCUT2D eigenvalue weighted by Crippen LogP contribution is 2.35. The Hall–Kier alpha value is -3.55. The first-order chi connectivity index (χ1) is 14.4. The molecule has 2 aliphatic heterocycles. The van der Waals surface area contributed by atoms with Crippen LogP contribution in [0.3, 0.4) is 0 Å². The van der Waals surface area contributed by atoms with Crippen LogP contribution in [0.2, 0.25) is 0 Å². The number of carbonyl (C=O) groups is 1. The zero-order valence-corrected chi connectivity index (χ0v) is 17.1. The number of aromatic nitrogens is 2. The normalized spacial score (nSPS) is 17.6. The minimum Gasteiger partial charge on any atom is -0.416 e. The second-order valence-electron chi connectivity index (χ2n) is 7.62. The van der Waals surface area contributed by atoms with Crippen LogP contribution in [0.25, 0.3) is 0 Å². The van der Waals surface area contributed by atoms with Crippen molar-refractivity contribution >= 4 is 23.3 Å². The van der Waals surface area contributed by atoms with Crippen LogP contribution in [0.1, 0.15) is 18.9 Å². The summed E-state index contributed by atoms with van der Waals surface area (Å²) in [4.78, 5) is 29.8. The Morgan fingerprint density at radius 3 is 2.90 bits per heavy atom. The molecule has 0 aromatic carbocycles. The van der Waals surface area contributed by atoms with E-state index in [9.17, 15) is 9.59 Å². The van der Waals surface area contributed by atoms with Gasteiger partial charge in [-0.1, -0.05) is 12.7 Å². The fourth-order valence-electron chi connectivity index (χ4n) is 3.79. The number of fused-ring (bicyclic) bond motifs is 1.